The zero-order valence-electron chi connectivity index (χ0n) is 14.8. The molecule has 0 aliphatic carbocycles. The van der Waals surface area contributed by atoms with Gasteiger partial charge in [-0.05, 0) is 37.3 Å². The second-order valence-electron chi connectivity index (χ2n) is 5.75. The van der Waals surface area contributed by atoms with Crippen molar-refractivity contribution in [2.75, 3.05) is 20.7 Å². The molecule has 1 N–H and O–H groups in total. The van der Waals surface area contributed by atoms with Crippen molar-refractivity contribution in [2.45, 2.75) is 17.9 Å². The van der Waals surface area contributed by atoms with Crippen LogP contribution in [0.3, 0.4) is 0 Å². The lowest BCUT2D eigenvalue weighted by Crippen LogP contribution is -2.39. The van der Waals surface area contributed by atoms with Crippen LogP contribution in [0.4, 0.5) is 0 Å². The number of para-hydroxylation sites is 1. The van der Waals surface area contributed by atoms with Crippen molar-refractivity contribution in [3.63, 3.8) is 0 Å². The quantitative estimate of drug-likeness (QED) is 0.717. The molecule has 1 amide bonds. The molecule has 0 heterocycles. The van der Waals surface area contributed by atoms with Crippen molar-refractivity contribution >= 4 is 31.9 Å². The summed E-state index contributed by atoms with van der Waals surface area (Å²) in [6.45, 7) is 1.54. The summed E-state index contributed by atoms with van der Waals surface area (Å²) in [6, 6.07) is 13.3. The first-order chi connectivity index (χ1) is 12.3. The van der Waals surface area contributed by atoms with Gasteiger partial charge >= 0.3 is 0 Å². The third-order valence-electron chi connectivity index (χ3n) is 3.87. The molecule has 8 heteroatoms. The highest BCUT2D eigenvalue weighted by Crippen LogP contribution is 2.24. The van der Waals surface area contributed by atoms with E-state index >= 15 is 0 Å². The van der Waals surface area contributed by atoms with E-state index in [0.29, 0.717) is 5.75 Å². The molecular formula is C18H21BrN2O4S. The van der Waals surface area contributed by atoms with Gasteiger partial charge in [-0.3, -0.25) is 4.79 Å². The van der Waals surface area contributed by atoms with Gasteiger partial charge in [0.25, 0.3) is 0 Å². The summed E-state index contributed by atoms with van der Waals surface area (Å²) in [5, 5.41) is 2.80. The Bertz CT molecular complexity index is 869. The van der Waals surface area contributed by atoms with Crippen LogP contribution in [-0.4, -0.2) is 39.3 Å². The summed E-state index contributed by atoms with van der Waals surface area (Å²) in [5.74, 6) is 0.266. The van der Waals surface area contributed by atoms with Gasteiger partial charge in [0.05, 0.1) is 24.6 Å². The highest BCUT2D eigenvalue weighted by Gasteiger charge is 2.24. The molecule has 0 aliphatic heterocycles. The fourth-order valence-electron chi connectivity index (χ4n) is 2.46. The Morgan fingerprint density at radius 3 is 2.42 bits per heavy atom. The lowest BCUT2D eigenvalue weighted by molar-refractivity contribution is -0.121. The van der Waals surface area contributed by atoms with Crippen molar-refractivity contribution < 1.29 is 17.9 Å². The SMILES string of the molecule is COc1ccccc1C(C)NC(=O)CN(C)S(=O)(=O)c1ccc(Br)cc1. The molecule has 26 heavy (non-hydrogen) atoms. The van der Waals surface area contributed by atoms with Gasteiger partial charge < -0.3 is 10.1 Å². The minimum Gasteiger partial charge on any atom is -0.496 e. The maximum absolute atomic E-state index is 12.5. The number of hydrogen-bond acceptors (Lipinski definition) is 4. The van der Waals surface area contributed by atoms with Crippen LogP contribution in [0.5, 0.6) is 5.75 Å². The lowest BCUT2D eigenvalue weighted by Gasteiger charge is -2.20. The highest BCUT2D eigenvalue weighted by atomic mass is 79.9. The minimum atomic E-state index is -3.74. The van der Waals surface area contributed by atoms with E-state index in [0.717, 1.165) is 14.3 Å². The van der Waals surface area contributed by atoms with Crippen LogP contribution in [0.2, 0.25) is 0 Å². The number of ether oxygens (including phenoxy) is 1. The van der Waals surface area contributed by atoms with Gasteiger partial charge in [-0.25, -0.2) is 8.42 Å². The number of methoxy groups -OCH3 is 1. The van der Waals surface area contributed by atoms with Crippen molar-refractivity contribution in [2.24, 2.45) is 0 Å². The monoisotopic (exact) mass is 440 g/mol. The Kier molecular flexibility index (Phi) is 6.80. The number of carbonyl (C=O) groups excluding carboxylic acids is 1. The Labute approximate surface area is 162 Å². The number of halogens is 1. The van der Waals surface area contributed by atoms with E-state index in [1.165, 1.54) is 19.2 Å². The van der Waals surface area contributed by atoms with E-state index < -0.39 is 15.9 Å². The van der Waals surface area contributed by atoms with Crippen molar-refractivity contribution in [3.05, 3.63) is 58.6 Å². The lowest BCUT2D eigenvalue weighted by atomic mass is 10.1. The molecule has 0 saturated carbocycles. The number of likely N-dealkylation sites (N-methyl/N-ethyl adjacent to an activating group) is 1. The van der Waals surface area contributed by atoms with Gasteiger partial charge in [-0.2, -0.15) is 4.31 Å². The molecule has 0 saturated heterocycles. The molecule has 0 aromatic heterocycles. The molecule has 2 aromatic carbocycles. The first-order valence-corrected chi connectivity index (χ1v) is 10.1. The second-order valence-corrected chi connectivity index (χ2v) is 8.71. The molecule has 1 atom stereocenters. The molecule has 0 spiro atoms. The Morgan fingerprint density at radius 1 is 1.19 bits per heavy atom. The van der Waals surface area contributed by atoms with Crippen molar-refractivity contribution in [3.8, 4) is 5.75 Å². The van der Waals surface area contributed by atoms with Gasteiger partial charge in [0.1, 0.15) is 5.75 Å². The van der Waals surface area contributed by atoms with Gasteiger partial charge in [0.2, 0.25) is 15.9 Å². The third-order valence-corrected chi connectivity index (χ3v) is 6.22. The number of sulfonamides is 1. The summed E-state index contributed by atoms with van der Waals surface area (Å²) in [7, 11) is -0.796. The number of nitrogens with one attached hydrogen (secondary N) is 1. The van der Waals surface area contributed by atoms with E-state index in [9.17, 15) is 13.2 Å². The molecule has 0 fully saturated rings. The maximum atomic E-state index is 12.5. The summed E-state index contributed by atoms with van der Waals surface area (Å²) >= 11 is 3.27. The zero-order chi connectivity index (χ0) is 19.3. The van der Waals surface area contributed by atoms with Crippen LogP contribution in [-0.2, 0) is 14.8 Å². The van der Waals surface area contributed by atoms with E-state index in [2.05, 4.69) is 21.2 Å². The summed E-state index contributed by atoms with van der Waals surface area (Å²) in [5.41, 5.74) is 0.821. The van der Waals surface area contributed by atoms with E-state index in [4.69, 9.17) is 4.74 Å². The minimum absolute atomic E-state index is 0.133. The smallest absolute Gasteiger partial charge is 0.243 e. The summed E-state index contributed by atoms with van der Waals surface area (Å²) in [4.78, 5) is 12.4. The zero-order valence-corrected chi connectivity index (χ0v) is 17.2. The fraction of sp³-hybridized carbons (Fsp3) is 0.278. The average Bonchev–Trinajstić information content (AvgIpc) is 2.61. The Balaban J connectivity index is 2.05. The number of nitrogens with zero attached hydrogens (tertiary/aromatic N) is 1. The van der Waals surface area contributed by atoms with Gasteiger partial charge in [0.15, 0.2) is 0 Å². The van der Waals surface area contributed by atoms with E-state index in [1.54, 1.807) is 19.2 Å². The van der Waals surface area contributed by atoms with Crippen LogP contribution in [0.15, 0.2) is 57.9 Å². The Morgan fingerprint density at radius 2 is 1.81 bits per heavy atom. The third kappa shape index (κ3) is 4.84. The van der Waals surface area contributed by atoms with Crippen molar-refractivity contribution in [1.82, 2.24) is 9.62 Å². The number of carbonyl (C=O) groups is 1. The predicted octanol–water partition coefficient (Wildman–Crippen LogP) is 2.96. The normalized spacial score (nSPS) is 12.7. The molecule has 0 bridgehead atoms. The van der Waals surface area contributed by atoms with Gasteiger partial charge in [-0.15, -0.1) is 0 Å². The second kappa shape index (κ2) is 8.66. The summed E-state index contributed by atoms with van der Waals surface area (Å²) in [6.07, 6.45) is 0. The molecular weight excluding hydrogens is 420 g/mol. The Hall–Kier alpha value is -1.90. The van der Waals surface area contributed by atoms with Crippen LogP contribution in [0.25, 0.3) is 0 Å². The van der Waals surface area contributed by atoms with Crippen LogP contribution in [0, 0.1) is 0 Å². The van der Waals surface area contributed by atoms with Crippen molar-refractivity contribution in [1.29, 1.82) is 0 Å². The molecule has 140 valence electrons. The number of benzene rings is 2. The molecule has 2 rings (SSSR count). The molecule has 2 aromatic rings. The first kappa shape index (κ1) is 20.4. The molecule has 0 radical (unpaired) electrons. The van der Waals surface area contributed by atoms with Crippen LogP contribution in [0.1, 0.15) is 18.5 Å². The maximum Gasteiger partial charge on any atom is 0.243 e. The first-order valence-electron chi connectivity index (χ1n) is 7.90. The van der Waals surface area contributed by atoms with Gasteiger partial charge in [0, 0.05) is 17.1 Å². The topological polar surface area (TPSA) is 75.7 Å². The number of rotatable bonds is 7. The molecule has 0 aliphatic rings. The summed E-state index contributed by atoms with van der Waals surface area (Å²) < 4.78 is 32.2. The van der Waals surface area contributed by atoms with E-state index in [-0.39, 0.29) is 17.5 Å². The largest absolute Gasteiger partial charge is 0.496 e. The van der Waals surface area contributed by atoms with Crippen LogP contribution < -0.4 is 10.1 Å². The van der Waals surface area contributed by atoms with Crippen LogP contribution >= 0.6 is 15.9 Å². The molecule has 6 nitrogen and oxygen atoms in total. The fourth-order valence-corrected chi connectivity index (χ4v) is 3.85. The standard InChI is InChI=1S/C18H21BrN2O4S/c1-13(16-6-4-5-7-17(16)25-3)20-18(22)12-21(2)26(23,24)15-10-8-14(19)9-11-15/h4-11,13H,12H2,1-3H3,(H,20,22). The number of amides is 1. The highest BCUT2D eigenvalue weighted by molar-refractivity contribution is 9.10. The molecule has 1 unspecified atom stereocenters. The van der Waals surface area contributed by atoms with E-state index in [1.807, 2.05) is 31.2 Å². The number of hydrogen-bond donors (Lipinski definition) is 1. The predicted molar refractivity (Wildman–Crippen MR) is 104 cm³/mol. The van der Waals surface area contributed by atoms with Gasteiger partial charge in [-0.1, -0.05) is 34.1 Å². The average molecular weight is 441 g/mol.